The predicted octanol–water partition coefficient (Wildman–Crippen LogP) is 3.91. The number of benzene rings is 1. The van der Waals surface area contributed by atoms with E-state index in [0.717, 1.165) is 52.0 Å². The largest absolute Gasteiger partial charge is 0.377 e. The number of halogens is 1. The Labute approximate surface area is 175 Å². The second kappa shape index (κ2) is 7.28. The van der Waals surface area contributed by atoms with Gasteiger partial charge in [0.1, 0.15) is 11.5 Å². The molecule has 0 amide bonds. The van der Waals surface area contributed by atoms with Gasteiger partial charge in [-0.25, -0.2) is 9.98 Å². The molecule has 1 aromatic heterocycles. The summed E-state index contributed by atoms with van der Waals surface area (Å²) in [7, 11) is 0. The highest BCUT2D eigenvalue weighted by atomic mass is 35.5. The number of ether oxygens (including phenoxy) is 1. The van der Waals surface area contributed by atoms with Crippen LogP contribution >= 0.6 is 11.6 Å². The first kappa shape index (κ1) is 18.3. The number of rotatable bonds is 2. The minimum absolute atomic E-state index is 0.276. The first-order valence-corrected chi connectivity index (χ1v) is 10.2. The molecule has 0 saturated carbocycles. The van der Waals surface area contributed by atoms with Crippen molar-refractivity contribution in [2.75, 3.05) is 36.5 Å². The summed E-state index contributed by atoms with van der Waals surface area (Å²) < 4.78 is 5.58. The second-order valence-electron chi connectivity index (χ2n) is 7.56. The fourth-order valence-electron chi connectivity index (χ4n) is 3.92. The van der Waals surface area contributed by atoms with E-state index >= 15 is 0 Å². The topological polar surface area (TPSA) is 62.1 Å². The van der Waals surface area contributed by atoms with Gasteiger partial charge < -0.3 is 15.0 Å². The van der Waals surface area contributed by atoms with Crippen LogP contribution in [0.2, 0.25) is 5.02 Å². The quantitative estimate of drug-likeness (QED) is 0.819. The maximum atomic E-state index is 6.54. The summed E-state index contributed by atoms with van der Waals surface area (Å²) in [5, 5.41) is 4.17. The van der Waals surface area contributed by atoms with Gasteiger partial charge in [0, 0.05) is 35.0 Å². The van der Waals surface area contributed by atoms with Gasteiger partial charge in [0.25, 0.3) is 0 Å². The van der Waals surface area contributed by atoms with Crippen molar-refractivity contribution in [3.05, 3.63) is 63.9 Å². The van der Waals surface area contributed by atoms with E-state index in [1.165, 1.54) is 0 Å². The Balaban J connectivity index is 1.66. The van der Waals surface area contributed by atoms with Gasteiger partial charge in [-0.05, 0) is 25.5 Å². The SMILES string of the molecule is CC1=C2N=C(c3ccccc3Cl)c3cnc(N4CCOC[C@@H]4C)cc3NC2=NC1. The Morgan fingerprint density at radius 1 is 1.24 bits per heavy atom. The molecule has 3 aliphatic heterocycles. The number of aliphatic imine (C=N–C) groups is 2. The van der Waals surface area contributed by atoms with E-state index in [1.807, 2.05) is 30.5 Å². The lowest BCUT2D eigenvalue weighted by atomic mass is 10.0. The molecular weight excluding hydrogens is 386 g/mol. The van der Waals surface area contributed by atoms with Gasteiger partial charge in [0.15, 0.2) is 5.84 Å². The summed E-state index contributed by atoms with van der Waals surface area (Å²) in [5.74, 6) is 1.73. The van der Waals surface area contributed by atoms with Gasteiger partial charge in [0.2, 0.25) is 0 Å². The summed E-state index contributed by atoms with van der Waals surface area (Å²) in [4.78, 5) is 16.7. The van der Waals surface area contributed by atoms with Crippen LogP contribution in [0, 0.1) is 0 Å². The lowest BCUT2D eigenvalue weighted by molar-refractivity contribution is 0.0985. The molecule has 1 aromatic carbocycles. The van der Waals surface area contributed by atoms with Crippen LogP contribution in [-0.2, 0) is 4.74 Å². The first-order chi connectivity index (χ1) is 14.1. The Morgan fingerprint density at radius 3 is 2.93 bits per heavy atom. The summed E-state index contributed by atoms with van der Waals surface area (Å²) in [6.45, 7) is 7.12. The highest BCUT2D eigenvalue weighted by Gasteiger charge is 2.27. The number of aromatic nitrogens is 1. The minimum atomic E-state index is 0.276. The number of pyridine rings is 1. The summed E-state index contributed by atoms with van der Waals surface area (Å²) >= 11 is 6.54. The molecule has 0 bridgehead atoms. The smallest absolute Gasteiger partial charge is 0.152 e. The fraction of sp³-hybridized carbons (Fsp3) is 0.318. The van der Waals surface area contributed by atoms with E-state index < -0.39 is 0 Å². The Bertz CT molecular complexity index is 1070. The molecule has 5 rings (SSSR count). The monoisotopic (exact) mass is 407 g/mol. The number of hydrogen-bond acceptors (Lipinski definition) is 6. The van der Waals surface area contributed by atoms with E-state index in [0.29, 0.717) is 24.8 Å². The molecule has 1 saturated heterocycles. The van der Waals surface area contributed by atoms with Crippen molar-refractivity contribution < 1.29 is 4.74 Å². The molecule has 1 N–H and O–H groups in total. The molecule has 2 aromatic rings. The van der Waals surface area contributed by atoms with Crippen LogP contribution in [0.4, 0.5) is 11.5 Å². The number of nitrogens with one attached hydrogen (secondary N) is 1. The third-order valence-corrected chi connectivity index (χ3v) is 5.84. The lowest BCUT2D eigenvalue weighted by Crippen LogP contribution is -2.44. The highest BCUT2D eigenvalue weighted by Crippen LogP contribution is 2.33. The van der Waals surface area contributed by atoms with Gasteiger partial charge in [-0.2, -0.15) is 0 Å². The Kier molecular flexibility index (Phi) is 4.60. The molecule has 3 aliphatic rings. The number of anilines is 2. The zero-order valence-corrected chi connectivity index (χ0v) is 17.2. The van der Waals surface area contributed by atoms with Crippen LogP contribution in [0.25, 0.3) is 0 Å². The zero-order chi connectivity index (χ0) is 20.0. The Hall–Kier alpha value is -2.70. The van der Waals surface area contributed by atoms with Crippen LogP contribution in [0.15, 0.2) is 57.8 Å². The van der Waals surface area contributed by atoms with Crippen LogP contribution in [0.3, 0.4) is 0 Å². The van der Waals surface area contributed by atoms with Crippen molar-refractivity contribution in [3.8, 4) is 0 Å². The second-order valence-corrected chi connectivity index (χ2v) is 7.97. The fourth-order valence-corrected chi connectivity index (χ4v) is 4.14. The van der Waals surface area contributed by atoms with Crippen LogP contribution in [0.5, 0.6) is 0 Å². The standard InChI is InChI=1S/C22H22ClN5O/c1-13-10-25-22-20(13)27-21(15-5-3-4-6-17(15)23)16-11-24-19(9-18(16)26-22)28-7-8-29-12-14(28)2/h3-6,9,11,14H,7-8,10,12H2,1-2H3,(H,25,26)/t14-/m0/s1. The normalized spacial score (nSPS) is 21.1. The molecule has 0 aliphatic carbocycles. The molecule has 0 radical (unpaired) electrons. The van der Waals surface area contributed by atoms with Gasteiger partial charge >= 0.3 is 0 Å². The van der Waals surface area contributed by atoms with Crippen LogP contribution < -0.4 is 10.2 Å². The van der Waals surface area contributed by atoms with Crippen molar-refractivity contribution in [1.82, 2.24) is 4.98 Å². The van der Waals surface area contributed by atoms with Gasteiger partial charge in [-0.1, -0.05) is 29.8 Å². The van der Waals surface area contributed by atoms with E-state index in [9.17, 15) is 0 Å². The van der Waals surface area contributed by atoms with Crippen molar-refractivity contribution in [3.63, 3.8) is 0 Å². The molecule has 7 heteroatoms. The van der Waals surface area contributed by atoms with E-state index in [4.69, 9.17) is 26.3 Å². The lowest BCUT2D eigenvalue weighted by Gasteiger charge is -2.34. The maximum absolute atomic E-state index is 6.54. The third-order valence-electron chi connectivity index (χ3n) is 5.52. The average molecular weight is 408 g/mol. The van der Waals surface area contributed by atoms with Crippen molar-refractivity contribution >= 4 is 34.7 Å². The predicted molar refractivity (Wildman–Crippen MR) is 118 cm³/mol. The molecular formula is C22H22ClN5O. The van der Waals surface area contributed by atoms with E-state index in [-0.39, 0.29) is 6.04 Å². The van der Waals surface area contributed by atoms with Crippen LogP contribution in [0.1, 0.15) is 25.0 Å². The molecule has 4 heterocycles. The molecule has 29 heavy (non-hydrogen) atoms. The highest BCUT2D eigenvalue weighted by molar-refractivity contribution is 6.36. The molecule has 1 atom stereocenters. The molecule has 6 nitrogen and oxygen atoms in total. The molecule has 0 unspecified atom stereocenters. The van der Waals surface area contributed by atoms with Crippen molar-refractivity contribution in [2.24, 2.45) is 9.98 Å². The summed E-state index contributed by atoms with van der Waals surface area (Å²) in [6, 6.07) is 10.1. The molecule has 148 valence electrons. The van der Waals surface area contributed by atoms with Gasteiger partial charge in [0.05, 0.1) is 37.2 Å². The maximum Gasteiger partial charge on any atom is 0.152 e. The van der Waals surface area contributed by atoms with Crippen LogP contribution in [-0.4, -0.2) is 48.9 Å². The first-order valence-electron chi connectivity index (χ1n) is 9.82. The number of fused-ring (bicyclic) bond motifs is 2. The average Bonchev–Trinajstić information content (AvgIpc) is 2.97. The number of nitrogens with zero attached hydrogens (tertiary/aromatic N) is 4. The van der Waals surface area contributed by atoms with Crippen molar-refractivity contribution in [2.45, 2.75) is 19.9 Å². The molecule has 1 fully saturated rings. The number of amidine groups is 1. The molecule has 0 spiro atoms. The number of morpholine rings is 1. The summed E-state index contributed by atoms with van der Waals surface area (Å²) in [5.41, 5.74) is 5.59. The summed E-state index contributed by atoms with van der Waals surface area (Å²) in [6.07, 6.45) is 1.89. The van der Waals surface area contributed by atoms with E-state index in [1.54, 1.807) is 0 Å². The zero-order valence-electron chi connectivity index (χ0n) is 16.4. The van der Waals surface area contributed by atoms with Gasteiger partial charge in [-0.15, -0.1) is 0 Å². The number of hydrogen-bond donors (Lipinski definition) is 1. The van der Waals surface area contributed by atoms with E-state index in [2.05, 4.69) is 35.1 Å². The van der Waals surface area contributed by atoms with Crippen molar-refractivity contribution in [1.29, 1.82) is 0 Å². The van der Waals surface area contributed by atoms with Gasteiger partial charge in [-0.3, -0.25) is 4.99 Å². The Morgan fingerprint density at radius 2 is 2.10 bits per heavy atom. The minimum Gasteiger partial charge on any atom is -0.377 e. The third kappa shape index (κ3) is 3.22.